The third kappa shape index (κ3) is 3.60. The molecule has 1 aromatic heterocycles. The highest BCUT2D eigenvalue weighted by atomic mass is 35.5. The highest BCUT2D eigenvalue weighted by molar-refractivity contribution is 7.17. The molecule has 0 saturated carbocycles. The van der Waals surface area contributed by atoms with Crippen molar-refractivity contribution in [1.82, 2.24) is 0 Å². The minimum atomic E-state index is -0.591. The molecule has 0 fully saturated rings. The Labute approximate surface area is 171 Å². The number of aryl methyl sites for hydroxylation is 1. The highest BCUT2D eigenvalue weighted by Crippen LogP contribution is 2.39. The zero-order valence-corrected chi connectivity index (χ0v) is 16.5. The Bertz CT molecular complexity index is 1060. The van der Waals surface area contributed by atoms with Crippen LogP contribution in [0, 0.1) is 5.82 Å². The molecule has 0 unspecified atom stereocenters. The second kappa shape index (κ2) is 7.86. The lowest BCUT2D eigenvalue weighted by molar-refractivity contribution is 0.102. The largest absolute Gasteiger partial charge is 0.313 e. The van der Waals surface area contributed by atoms with Gasteiger partial charge in [-0.3, -0.25) is 9.59 Å². The van der Waals surface area contributed by atoms with Crippen LogP contribution in [0.2, 0.25) is 5.02 Å². The molecule has 28 heavy (non-hydrogen) atoms. The molecule has 3 aromatic rings. The quantitative estimate of drug-likeness (QED) is 0.541. The van der Waals surface area contributed by atoms with E-state index < -0.39 is 11.7 Å². The monoisotopic (exact) mass is 413 g/mol. The maximum absolute atomic E-state index is 14.0. The molecule has 142 valence electrons. The molecule has 1 N–H and O–H groups in total. The van der Waals surface area contributed by atoms with Crippen LogP contribution in [0.5, 0.6) is 0 Å². The first-order valence-corrected chi connectivity index (χ1v) is 10.2. The van der Waals surface area contributed by atoms with E-state index in [1.54, 1.807) is 30.3 Å². The van der Waals surface area contributed by atoms with Gasteiger partial charge in [0, 0.05) is 15.5 Å². The molecule has 1 aliphatic carbocycles. The van der Waals surface area contributed by atoms with Gasteiger partial charge < -0.3 is 5.32 Å². The lowest BCUT2D eigenvalue weighted by Gasteiger charge is -2.13. The molecule has 3 nitrogen and oxygen atoms in total. The van der Waals surface area contributed by atoms with Crippen molar-refractivity contribution in [1.29, 1.82) is 0 Å². The molecule has 1 heterocycles. The van der Waals surface area contributed by atoms with E-state index in [1.165, 1.54) is 29.5 Å². The number of anilines is 1. The van der Waals surface area contributed by atoms with Crippen LogP contribution in [0.4, 0.5) is 9.39 Å². The molecule has 0 bridgehead atoms. The van der Waals surface area contributed by atoms with Gasteiger partial charge in [-0.1, -0.05) is 23.7 Å². The van der Waals surface area contributed by atoms with Crippen LogP contribution in [0.3, 0.4) is 0 Å². The van der Waals surface area contributed by atoms with Crippen molar-refractivity contribution in [3.8, 4) is 0 Å². The van der Waals surface area contributed by atoms with E-state index >= 15 is 0 Å². The Morgan fingerprint density at radius 1 is 1.00 bits per heavy atom. The van der Waals surface area contributed by atoms with Crippen LogP contribution in [0.25, 0.3) is 0 Å². The summed E-state index contributed by atoms with van der Waals surface area (Å²) >= 11 is 7.35. The van der Waals surface area contributed by atoms with E-state index in [-0.39, 0.29) is 11.3 Å². The van der Waals surface area contributed by atoms with Crippen LogP contribution in [-0.2, 0) is 12.8 Å². The predicted molar refractivity (Wildman–Crippen MR) is 110 cm³/mol. The molecule has 0 atom stereocenters. The molecule has 4 rings (SSSR count). The first kappa shape index (κ1) is 18.8. The Kier molecular flexibility index (Phi) is 5.29. The minimum absolute atomic E-state index is 0.0428. The third-order valence-corrected chi connectivity index (χ3v) is 6.31. The van der Waals surface area contributed by atoms with Gasteiger partial charge in [-0.05, 0) is 67.6 Å². The first-order valence-electron chi connectivity index (χ1n) is 9.05. The molecule has 0 aliphatic heterocycles. The van der Waals surface area contributed by atoms with Crippen molar-refractivity contribution in [2.45, 2.75) is 25.7 Å². The number of halogens is 2. The number of carbonyl (C=O) groups excluding carboxylic acids is 2. The van der Waals surface area contributed by atoms with Gasteiger partial charge in [0.1, 0.15) is 10.8 Å². The molecule has 0 spiro atoms. The van der Waals surface area contributed by atoms with Crippen LogP contribution >= 0.6 is 22.9 Å². The van der Waals surface area contributed by atoms with Crippen LogP contribution in [0.1, 0.15) is 49.6 Å². The molecule has 1 aliphatic rings. The van der Waals surface area contributed by atoms with Gasteiger partial charge >= 0.3 is 0 Å². The van der Waals surface area contributed by atoms with E-state index in [9.17, 15) is 14.0 Å². The van der Waals surface area contributed by atoms with E-state index in [2.05, 4.69) is 5.32 Å². The van der Waals surface area contributed by atoms with Gasteiger partial charge in [0.05, 0.1) is 11.1 Å². The van der Waals surface area contributed by atoms with Crippen molar-refractivity contribution in [3.05, 3.63) is 86.5 Å². The first-order chi connectivity index (χ1) is 13.5. The zero-order valence-electron chi connectivity index (χ0n) is 14.9. The molecular weight excluding hydrogens is 397 g/mol. The molecule has 0 radical (unpaired) electrons. The van der Waals surface area contributed by atoms with Crippen molar-refractivity contribution in [3.63, 3.8) is 0 Å². The van der Waals surface area contributed by atoms with E-state index in [1.807, 2.05) is 0 Å². The second-order valence-corrected chi connectivity index (χ2v) is 8.23. The molecule has 1 amide bonds. The Balaban J connectivity index is 1.74. The third-order valence-electron chi connectivity index (χ3n) is 4.85. The van der Waals surface area contributed by atoms with Gasteiger partial charge in [-0.25, -0.2) is 4.39 Å². The number of ketones is 1. The summed E-state index contributed by atoms with van der Waals surface area (Å²) in [4.78, 5) is 27.0. The van der Waals surface area contributed by atoms with Gasteiger partial charge in [-0.2, -0.15) is 0 Å². The topological polar surface area (TPSA) is 46.2 Å². The van der Waals surface area contributed by atoms with Crippen molar-refractivity contribution in [2.24, 2.45) is 0 Å². The summed E-state index contributed by atoms with van der Waals surface area (Å²) in [5, 5.41) is 3.82. The highest BCUT2D eigenvalue weighted by Gasteiger charge is 2.27. The number of rotatable bonds is 4. The summed E-state index contributed by atoms with van der Waals surface area (Å²) in [7, 11) is 0. The number of carbonyl (C=O) groups is 2. The average molecular weight is 414 g/mol. The molecule has 6 heteroatoms. The lowest BCUT2D eigenvalue weighted by Crippen LogP contribution is -2.16. The van der Waals surface area contributed by atoms with Crippen molar-refractivity contribution in [2.75, 3.05) is 5.32 Å². The summed E-state index contributed by atoms with van der Waals surface area (Å²) in [5.41, 5.74) is 1.99. The maximum atomic E-state index is 14.0. The maximum Gasteiger partial charge on any atom is 0.259 e. The fourth-order valence-corrected chi connectivity index (χ4v) is 4.86. The Morgan fingerprint density at radius 3 is 2.46 bits per heavy atom. The summed E-state index contributed by atoms with van der Waals surface area (Å²) in [6.07, 6.45) is 3.75. The van der Waals surface area contributed by atoms with E-state index in [4.69, 9.17) is 11.6 Å². The van der Waals surface area contributed by atoms with Crippen LogP contribution in [-0.4, -0.2) is 11.7 Å². The Morgan fingerprint density at radius 2 is 1.71 bits per heavy atom. The fraction of sp³-hybridized carbons (Fsp3) is 0.182. The van der Waals surface area contributed by atoms with E-state index in [0.29, 0.717) is 21.2 Å². The summed E-state index contributed by atoms with van der Waals surface area (Å²) in [5.74, 6) is -1.30. The average Bonchev–Trinajstić information content (AvgIpc) is 3.06. The van der Waals surface area contributed by atoms with Crippen LogP contribution < -0.4 is 5.32 Å². The predicted octanol–water partition coefficient (Wildman–Crippen LogP) is 5.90. The number of hydrogen-bond donors (Lipinski definition) is 1. The molecule has 2 aromatic carbocycles. The number of benzene rings is 2. The number of hydrogen-bond acceptors (Lipinski definition) is 3. The summed E-state index contributed by atoms with van der Waals surface area (Å²) in [6, 6.07) is 12.5. The Hall–Kier alpha value is -2.50. The normalized spacial score (nSPS) is 13.1. The lowest BCUT2D eigenvalue weighted by atomic mass is 9.92. The number of thiophene rings is 1. The van der Waals surface area contributed by atoms with E-state index in [0.717, 1.165) is 36.1 Å². The van der Waals surface area contributed by atoms with Gasteiger partial charge in [0.2, 0.25) is 0 Å². The summed E-state index contributed by atoms with van der Waals surface area (Å²) in [6.45, 7) is 0. The van der Waals surface area contributed by atoms with Gasteiger partial charge in [0.25, 0.3) is 5.91 Å². The fourth-order valence-electron chi connectivity index (χ4n) is 3.46. The number of amides is 1. The van der Waals surface area contributed by atoms with Gasteiger partial charge in [0.15, 0.2) is 5.78 Å². The second-order valence-electron chi connectivity index (χ2n) is 6.69. The number of nitrogens with one attached hydrogen (secondary N) is 1. The molecule has 0 saturated heterocycles. The van der Waals surface area contributed by atoms with Gasteiger partial charge in [-0.15, -0.1) is 11.3 Å². The minimum Gasteiger partial charge on any atom is -0.313 e. The standard InChI is InChI=1S/C22H17ClFNO2S/c23-14-11-9-13(10-12-14)20(26)19-16-6-2-4-8-18(16)28-22(19)25-21(27)15-5-1-3-7-17(15)24/h1,3,5,7,9-12H,2,4,6,8H2,(H,25,27). The zero-order chi connectivity index (χ0) is 19.7. The van der Waals surface area contributed by atoms with Crippen LogP contribution in [0.15, 0.2) is 48.5 Å². The SMILES string of the molecule is O=C(Nc1sc2c(c1C(=O)c1ccc(Cl)cc1)CCCC2)c1ccccc1F. The van der Waals surface area contributed by atoms with Crippen molar-refractivity contribution < 1.29 is 14.0 Å². The smallest absolute Gasteiger partial charge is 0.259 e. The number of fused-ring (bicyclic) bond motifs is 1. The summed E-state index contributed by atoms with van der Waals surface area (Å²) < 4.78 is 14.0. The van der Waals surface area contributed by atoms with Crippen molar-refractivity contribution >= 4 is 39.6 Å². The molecular formula is C22H17ClFNO2S.